The highest BCUT2D eigenvalue weighted by molar-refractivity contribution is 14.0. The van der Waals surface area contributed by atoms with Gasteiger partial charge in [-0.25, -0.2) is 4.39 Å². The van der Waals surface area contributed by atoms with Gasteiger partial charge in [0.25, 0.3) is 0 Å². The highest BCUT2D eigenvalue weighted by atomic mass is 127. The molecule has 2 fully saturated rings. The van der Waals surface area contributed by atoms with E-state index in [9.17, 15) is 4.39 Å². The van der Waals surface area contributed by atoms with E-state index >= 15 is 0 Å². The molecule has 0 aromatic heterocycles. The maximum atomic E-state index is 12.9. The van der Waals surface area contributed by atoms with Crippen molar-refractivity contribution in [3.05, 3.63) is 35.6 Å². The number of halogens is 2. The smallest absolute Gasteiger partial charge is 0.191 e. The zero-order valence-electron chi connectivity index (χ0n) is 13.8. The van der Waals surface area contributed by atoms with E-state index < -0.39 is 0 Å². The van der Waals surface area contributed by atoms with Gasteiger partial charge in [0.15, 0.2) is 5.96 Å². The first-order chi connectivity index (χ1) is 10.5. The van der Waals surface area contributed by atoms with Crippen LogP contribution in [0.4, 0.5) is 4.39 Å². The summed E-state index contributed by atoms with van der Waals surface area (Å²) in [6.45, 7) is 5.96. The third-order valence-electron chi connectivity index (χ3n) is 4.99. The van der Waals surface area contributed by atoms with Crippen molar-refractivity contribution >= 4 is 29.9 Å². The van der Waals surface area contributed by atoms with E-state index in [4.69, 9.17) is 4.74 Å². The Morgan fingerprint density at radius 3 is 2.70 bits per heavy atom. The number of hydrogen-bond donors (Lipinski definition) is 2. The van der Waals surface area contributed by atoms with Crippen molar-refractivity contribution < 1.29 is 9.13 Å². The van der Waals surface area contributed by atoms with Crippen LogP contribution in [-0.4, -0.2) is 31.8 Å². The van der Waals surface area contributed by atoms with E-state index in [1.165, 1.54) is 12.1 Å². The zero-order valence-corrected chi connectivity index (χ0v) is 16.1. The molecule has 3 rings (SSSR count). The number of benzene rings is 1. The molecule has 3 atom stereocenters. The van der Waals surface area contributed by atoms with Crippen molar-refractivity contribution in [1.82, 2.24) is 10.6 Å². The molecule has 2 N–H and O–H groups in total. The Bertz CT molecular complexity index is 561. The van der Waals surface area contributed by atoms with Gasteiger partial charge in [0.1, 0.15) is 5.82 Å². The van der Waals surface area contributed by atoms with E-state index in [1.54, 1.807) is 19.2 Å². The molecule has 1 aliphatic heterocycles. The SMILES string of the molecule is CN=C(NCc1ccc(F)cc1)NC1C2CCOC2C1(C)C.I. The molecule has 128 valence electrons. The van der Waals surface area contributed by atoms with Gasteiger partial charge >= 0.3 is 0 Å². The number of ether oxygens (including phenoxy) is 1. The van der Waals surface area contributed by atoms with Crippen LogP contribution in [0, 0.1) is 17.2 Å². The van der Waals surface area contributed by atoms with Crippen molar-refractivity contribution in [3.8, 4) is 0 Å². The van der Waals surface area contributed by atoms with Crippen LogP contribution in [-0.2, 0) is 11.3 Å². The topological polar surface area (TPSA) is 45.7 Å². The van der Waals surface area contributed by atoms with Gasteiger partial charge in [-0.1, -0.05) is 26.0 Å². The van der Waals surface area contributed by atoms with Crippen molar-refractivity contribution in [2.45, 2.75) is 39.0 Å². The van der Waals surface area contributed by atoms with E-state index in [0.717, 1.165) is 24.6 Å². The van der Waals surface area contributed by atoms with Crippen molar-refractivity contribution in [3.63, 3.8) is 0 Å². The molecular formula is C17H25FIN3O. The minimum absolute atomic E-state index is 0. The molecule has 1 aliphatic carbocycles. The largest absolute Gasteiger partial charge is 0.377 e. The Morgan fingerprint density at radius 1 is 1.35 bits per heavy atom. The average Bonchev–Trinajstić information content (AvgIpc) is 2.96. The van der Waals surface area contributed by atoms with E-state index in [-0.39, 0.29) is 35.2 Å². The Balaban J connectivity index is 0.00000192. The van der Waals surface area contributed by atoms with Gasteiger partial charge in [-0.05, 0) is 24.1 Å². The van der Waals surface area contributed by atoms with Gasteiger partial charge in [0.05, 0.1) is 6.10 Å². The predicted molar refractivity (Wildman–Crippen MR) is 101 cm³/mol. The third kappa shape index (κ3) is 3.63. The van der Waals surface area contributed by atoms with Gasteiger partial charge in [-0.15, -0.1) is 24.0 Å². The second-order valence-corrected chi connectivity index (χ2v) is 6.74. The average molecular weight is 433 g/mol. The van der Waals surface area contributed by atoms with Gasteiger partial charge < -0.3 is 15.4 Å². The van der Waals surface area contributed by atoms with Gasteiger partial charge in [0, 0.05) is 37.6 Å². The second kappa shape index (κ2) is 7.34. The fourth-order valence-electron chi connectivity index (χ4n) is 3.75. The summed E-state index contributed by atoms with van der Waals surface area (Å²) in [5.41, 5.74) is 1.15. The van der Waals surface area contributed by atoms with E-state index in [2.05, 4.69) is 29.5 Å². The molecule has 4 nitrogen and oxygen atoms in total. The molecule has 1 saturated carbocycles. The zero-order chi connectivity index (χ0) is 15.7. The molecule has 0 spiro atoms. The monoisotopic (exact) mass is 433 g/mol. The van der Waals surface area contributed by atoms with Crippen LogP contribution >= 0.6 is 24.0 Å². The normalized spacial score (nSPS) is 28.3. The molecular weight excluding hydrogens is 408 g/mol. The quantitative estimate of drug-likeness (QED) is 0.438. The summed E-state index contributed by atoms with van der Waals surface area (Å²) in [4.78, 5) is 4.30. The molecule has 1 aromatic carbocycles. The van der Waals surface area contributed by atoms with E-state index in [0.29, 0.717) is 24.6 Å². The predicted octanol–water partition coefficient (Wildman–Crippen LogP) is 2.92. The fraction of sp³-hybridized carbons (Fsp3) is 0.588. The number of guanidine groups is 1. The highest BCUT2D eigenvalue weighted by Crippen LogP contribution is 2.52. The Hall–Kier alpha value is -0.890. The first-order valence-electron chi connectivity index (χ1n) is 7.85. The molecule has 6 heteroatoms. The summed E-state index contributed by atoms with van der Waals surface area (Å²) in [7, 11) is 1.77. The number of aliphatic imine (C=N–C) groups is 1. The lowest BCUT2D eigenvalue weighted by atomic mass is 9.57. The number of rotatable bonds is 3. The molecule has 1 aromatic rings. The number of nitrogens with zero attached hydrogens (tertiary/aromatic N) is 1. The number of fused-ring (bicyclic) bond motifs is 1. The molecule has 1 saturated heterocycles. The maximum absolute atomic E-state index is 12.9. The van der Waals surface area contributed by atoms with E-state index in [1.807, 2.05) is 0 Å². The Morgan fingerprint density at radius 2 is 2.04 bits per heavy atom. The first kappa shape index (κ1) is 18.4. The molecule has 0 amide bonds. The maximum Gasteiger partial charge on any atom is 0.191 e. The number of nitrogens with one attached hydrogen (secondary N) is 2. The summed E-state index contributed by atoms with van der Waals surface area (Å²) in [6.07, 6.45) is 1.47. The lowest BCUT2D eigenvalue weighted by Crippen LogP contribution is -2.67. The number of hydrogen-bond acceptors (Lipinski definition) is 2. The minimum atomic E-state index is -0.213. The lowest BCUT2D eigenvalue weighted by molar-refractivity contribution is -0.106. The van der Waals surface area contributed by atoms with Gasteiger partial charge in [-0.3, -0.25) is 4.99 Å². The van der Waals surface area contributed by atoms with Crippen LogP contribution in [0.3, 0.4) is 0 Å². The van der Waals surface area contributed by atoms with Crippen LogP contribution < -0.4 is 10.6 Å². The van der Waals surface area contributed by atoms with Gasteiger partial charge in [0.2, 0.25) is 0 Å². The summed E-state index contributed by atoms with van der Waals surface area (Å²) >= 11 is 0. The second-order valence-electron chi connectivity index (χ2n) is 6.74. The van der Waals surface area contributed by atoms with Crippen molar-refractivity contribution in [1.29, 1.82) is 0 Å². The first-order valence-corrected chi connectivity index (χ1v) is 7.85. The third-order valence-corrected chi connectivity index (χ3v) is 4.99. The molecule has 0 radical (unpaired) electrons. The molecule has 23 heavy (non-hydrogen) atoms. The summed E-state index contributed by atoms with van der Waals surface area (Å²) in [5.74, 6) is 1.14. The Labute approximate surface area is 154 Å². The van der Waals surface area contributed by atoms with Crippen LogP contribution in [0.5, 0.6) is 0 Å². The van der Waals surface area contributed by atoms with Crippen LogP contribution in [0.2, 0.25) is 0 Å². The summed E-state index contributed by atoms with van der Waals surface area (Å²) < 4.78 is 18.7. The van der Waals surface area contributed by atoms with Crippen LogP contribution in [0.1, 0.15) is 25.8 Å². The molecule has 3 unspecified atom stereocenters. The minimum Gasteiger partial charge on any atom is -0.377 e. The lowest BCUT2D eigenvalue weighted by Gasteiger charge is -2.54. The molecule has 0 bridgehead atoms. The summed E-state index contributed by atoms with van der Waals surface area (Å²) in [6, 6.07) is 6.89. The van der Waals surface area contributed by atoms with Crippen LogP contribution in [0.25, 0.3) is 0 Å². The molecule has 1 heterocycles. The summed E-state index contributed by atoms with van der Waals surface area (Å²) in [5, 5.41) is 6.83. The highest BCUT2D eigenvalue weighted by Gasteiger charge is 2.59. The van der Waals surface area contributed by atoms with Crippen molar-refractivity contribution in [2.24, 2.45) is 16.3 Å². The van der Waals surface area contributed by atoms with Gasteiger partial charge in [-0.2, -0.15) is 0 Å². The standard InChI is InChI=1S/C17H24FN3O.HI/c1-17(2)14(13-8-9-22-15(13)17)21-16(19-3)20-10-11-4-6-12(18)7-5-11;/h4-7,13-15H,8-10H2,1-3H3,(H2,19,20,21);1H. The molecule has 2 aliphatic rings. The van der Waals surface area contributed by atoms with Crippen molar-refractivity contribution in [2.75, 3.05) is 13.7 Å². The van der Waals surface area contributed by atoms with Crippen LogP contribution in [0.15, 0.2) is 29.3 Å². The Kier molecular flexibility index (Phi) is 5.89. The fourth-order valence-corrected chi connectivity index (χ4v) is 3.75.